The third kappa shape index (κ3) is 11.7. The number of carbonyl (C=O) groups is 2. The Morgan fingerprint density at radius 2 is 1.69 bits per heavy atom. The fourth-order valence-electron chi connectivity index (χ4n) is 2.52. The summed E-state index contributed by atoms with van der Waals surface area (Å²) in [5, 5.41) is 3.29. The van der Waals surface area contributed by atoms with Crippen molar-refractivity contribution in [2.24, 2.45) is 4.99 Å². The molecule has 1 N–H and O–H groups in total. The van der Waals surface area contributed by atoms with Crippen molar-refractivity contribution in [3.63, 3.8) is 0 Å². The number of alkyl carbamates (subject to hydrolysis) is 1. The van der Waals surface area contributed by atoms with E-state index in [1.807, 2.05) is 24.3 Å². The summed E-state index contributed by atoms with van der Waals surface area (Å²) < 4.78 is 10.9. The summed E-state index contributed by atoms with van der Waals surface area (Å²) in [5.41, 5.74) is -0.364. The van der Waals surface area contributed by atoms with E-state index < -0.39 is 23.4 Å². The SMILES string of the molecule is C=CCCCN(C(=O)OC(C)(C)C)C(=NCCc1ccc(Cl)cc1)NC(=O)OC(C)(C)C. The first kappa shape index (κ1) is 27.5. The third-order valence-electron chi connectivity index (χ3n) is 3.85. The van der Waals surface area contributed by atoms with E-state index in [1.165, 1.54) is 4.90 Å². The minimum atomic E-state index is -0.700. The molecule has 0 saturated heterocycles. The molecular weight excluding hydrogens is 430 g/mol. The molecule has 1 aromatic rings. The van der Waals surface area contributed by atoms with Gasteiger partial charge >= 0.3 is 12.2 Å². The molecular formula is C24H36ClN3O4. The van der Waals surface area contributed by atoms with Crippen molar-refractivity contribution in [2.75, 3.05) is 13.1 Å². The van der Waals surface area contributed by atoms with Crippen LogP contribution in [0.3, 0.4) is 0 Å². The van der Waals surface area contributed by atoms with Crippen LogP contribution in [0.25, 0.3) is 0 Å². The Labute approximate surface area is 196 Å². The number of rotatable bonds is 7. The molecule has 2 amide bonds. The Bertz CT molecular complexity index is 793. The predicted octanol–water partition coefficient (Wildman–Crippen LogP) is 5.97. The van der Waals surface area contributed by atoms with Gasteiger partial charge in [0.05, 0.1) is 0 Å². The summed E-state index contributed by atoms with van der Waals surface area (Å²) in [6, 6.07) is 7.44. The molecule has 178 valence electrons. The Balaban J connectivity index is 3.13. The van der Waals surface area contributed by atoms with Crippen molar-refractivity contribution >= 4 is 29.7 Å². The summed E-state index contributed by atoms with van der Waals surface area (Å²) in [5.74, 6) is 0.0894. The smallest absolute Gasteiger partial charge is 0.417 e. The van der Waals surface area contributed by atoms with Crippen LogP contribution in [-0.4, -0.2) is 47.3 Å². The van der Waals surface area contributed by atoms with E-state index in [2.05, 4.69) is 16.9 Å². The van der Waals surface area contributed by atoms with Gasteiger partial charge in [-0.3, -0.25) is 10.3 Å². The second-order valence-corrected chi connectivity index (χ2v) is 9.71. The van der Waals surface area contributed by atoms with Gasteiger partial charge in [0.2, 0.25) is 5.96 Å². The van der Waals surface area contributed by atoms with E-state index in [-0.39, 0.29) is 5.96 Å². The zero-order valence-electron chi connectivity index (χ0n) is 20.0. The first-order valence-corrected chi connectivity index (χ1v) is 11.1. The third-order valence-corrected chi connectivity index (χ3v) is 4.10. The molecule has 0 fully saturated rings. The molecule has 32 heavy (non-hydrogen) atoms. The molecule has 0 aromatic heterocycles. The minimum Gasteiger partial charge on any atom is -0.444 e. The maximum absolute atomic E-state index is 12.9. The maximum atomic E-state index is 12.9. The number of hydrogen-bond acceptors (Lipinski definition) is 5. The van der Waals surface area contributed by atoms with Crippen molar-refractivity contribution in [3.8, 4) is 0 Å². The lowest BCUT2D eigenvalue weighted by molar-refractivity contribution is 0.0357. The Kier molecular flexibility index (Phi) is 10.7. The van der Waals surface area contributed by atoms with E-state index in [0.717, 1.165) is 5.56 Å². The number of carbonyl (C=O) groups excluding carboxylic acids is 2. The Morgan fingerprint density at radius 1 is 1.09 bits per heavy atom. The van der Waals surface area contributed by atoms with Gasteiger partial charge < -0.3 is 9.47 Å². The fourth-order valence-corrected chi connectivity index (χ4v) is 2.65. The van der Waals surface area contributed by atoms with E-state index in [4.69, 9.17) is 21.1 Å². The molecule has 7 nitrogen and oxygen atoms in total. The molecule has 0 aliphatic heterocycles. The van der Waals surface area contributed by atoms with E-state index in [0.29, 0.717) is 37.4 Å². The molecule has 0 saturated carbocycles. The van der Waals surface area contributed by atoms with Gasteiger partial charge in [-0.1, -0.05) is 29.8 Å². The number of nitrogens with one attached hydrogen (secondary N) is 1. The summed E-state index contributed by atoms with van der Waals surface area (Å²) in [4.78, 5) is 31.2. The van der Waals surface area contributed by atoms with Crippen LogP contribution >= 0.6 is 11.6 Å². The maximum Gasteiger partial charge on any atom is 0.417 e. The molecule has 0 atom stereocenters. The van der Waals surface area contributed by atoms with E-state index in [9.17, 15) is 9.59 Å². The standard InChI is InChI=1S/C24H36ClN3O4/c1-8-9-10-17-28(22(30)32-24(5,6)7)20(27-21(29)31-23(2,3)4)26-16-15-18-11-13-19(25)14-12-18/h8,11-14H,1,9-10,15-17H2,2-7H3,(H,26,27,29). The number of guanidine groups is 1. The summed E-state index contributed by atoms with van der Waals surface area (Å²) in [6.45, 7) is 15.0. The van der Waals surface area contributed by atoms with E-state index >= 15 is 0 Å². The van der Waals surface area contributed by atoms with Gasteiger partial charge in [-0.05, 0) is 78.5 Å². The molecule has 8 heteroatoms. The highest BCUT2D eigenvalue weighted by atomic mass is 35.5. The van der Waals surface area contributed by atoms with Crippen LogP contribution in [0.5, 0.6) is 0 Å². The molecule has 0 radical (unpaired) electrons. The van der Waals surface area contributed by atoms with Crippen molar-refractivity contribution < 1.29 is 19.1 Å². The van der Waals surface area contributed by atoms with Crippen molar-refractivity contribution in [1.29, 1.82) is 0 Å². The monoisotopic (exact) mass is 465 g/mol. The lowest BCUT2D eigenvalue weighted by Crippen LogP contribution is -2.50. The van der Waals surface area contributed by atoms with Gasteiger partial charge in [0, 0.05) is 18.1 Å². The fraction of sp³-hybridized carbons (Fsp3) is 0.542. The zero-order chi connectivity index (χ0) is 24.4. The van der Waals surface area contributed by atoms with Crippen molar-refractivity contribution in [1.82, 2.24) is 10.2 Å². The number of ether oxygens (including phenoxy) is 2. The average molecular weight is 466 g/mol. The molecule has 0 heterocycles. The quantitative estimate of drug-likeness (QED) is 0.233. The van der Waals surface area contributed by atoms with Gasteiger partial charge in [0.15, 0.2) is 0 Å². The molecule has 0 unspecified atom stereocenters. The second kappa shape index (κ2) is 12.5. The molecule has 1 rings (SSSR count). The van der Waals surface area contributed by atoms with Gasteiger partial charge in [-0.15, -0.1) is 6.58 Å². The summed E-state index contributed by atoms with van der Waals surface area (Å²) in [6.07, 6.45) is 2.42. The van der Waals surface area contributed by atoms with Gasteiger partial charge in [-0.2, -0.15) is 0 Å². The van der Waals surface area contributed by atoms with Crippen LogP contribution < -0.4 is 5.32 Å². The van der Waals surface area contributed by atoms with Crippen molar-refractivity contribution in [3.05, 3.63) is 47.5 Å². The average Bonchev–Trinajstić information content (AvgIpc) is 2.63. The van der Waals surface area contributed by atoms with Crippen LogP contribution in [0.15, 0.2) is 41.9 Å². The molecule has 0 aliphatic rings. The first-order valence-electron chi connectivity index (χ1n) is 10.7. The van der Waals surface area contributed by atoms with Crippen molar-refractivity contribution in [2.45, 2.75) is 72.0 Å². The van der Waals surface area contributed by atoms with Crippen LogP contribution in [-0.2, 0) is 15.9 Å². The molecule has 1 aromatic carbocycles. The van der Waals surface area contributed by atoms with Crippen LogP contribution in [0.4, 0.5) is 9.59 Å². The van der Waals surface area contributed by atoms with Crippen LogP contribution in [0, 0.1) is 0 Å². The second-order valence-electron chi connectivity index (χ2n) is 9.27. The number of amides is 2. The number of allylic oxidation sites excluding steroid dienone is 1. The first-order chi connectivity index (χ1) is 14.8. The minimum absolute atomic E-state index is 0.0894. The highest BCUT2D eigenvalue weighted by Gasteiger charge is 2.28. The lowest BCUT2D eigenvalue weighted by Gasteiger charge is -2.29. The van der Waals surface area contributed by atoms with E-state index in [1.54, 1.807) is 47.6 Å². The number of benzene rings is 1. The number of nitrogens with zero attached hydrogens (tertiary/aromatic N) is 2. The number of aliphatic imine (C=N–C) groups is 1. The molecule has 0 aliphatic carbocycles. The number of unbranched alkanes of at least 4 members (excludes halogenated alkanes) is 1. The molecule has 0 spiro atoms. The lowest BCUT2D eigenvalue weighted by atomic mass is 10.1. The summed E-state index contributed by atoms with van der Waals surface area (Å²) >= 11 is 5.94. The van der Waals surface area contributed by atoms with Gasteiger partial charge in [-0.25, -0.2) is 14.5 Å². The molecule has 0 bridgehead atoms. The topological polar surface area (TPSA) is 80.2 Å². The number of halogens is 1. The van der Waals surface area contributed by atoms with Gasteiger partial charge in [0.1, 0.15) is 11.2 Å². The largest absolute Gasteiger partial charge is 0.444 e. The highest BCUT2D eigenvalue weighted by molar-refractivity contribution is 6.30. The normalized spacial score (nSPS) is 12.2. The Hall–Kier alpha value is -2.54. The zero-order valence-corrected chi connectivity index (χ0v) is 20.8. The van der Waals surface area contributed by atoms with Gasteiger partial charge in [0.25, 0.3) is 0 Å². The summed E-state index contributed by atoms with van der Waals surface area (Å²) in [7, 11) is 0. The predicted molar refractivity (Wildman–Crippen MR) is 129 cm³/mol. The van der Waals surface area contributed by atoms with Crippen LogP contribution in [0.2, 0.25) is 5.02 Å². The number of hydrogen-bond donors (Lipinski definition) is 1. The Morgan fingerprint density at radius 3 is 2.22 bits per heavy atom. The van der Waals surface area contributed by atoms with Crippen LogP contribution in [0.1, 0.15) is 59.9 Å². The highest BCUT2D eigenvalue weighted by Crippen LogP contribution is 2.13.